The van der Waals surface area contributed by atoms with E-state index in [4.69, 9.17) is 11.6 Å². The number of nitrogens with zero attached hydrogens (tertiary/aromatic N) is 2. The Kier molecular flexibility index (Phi) is 7.59. The molecule has 144 valence electrons. The number of rotatable bonds is 7. The molecule has 2 aromatic carbocycles. The van der Waals surface area contributed by atoms with E-state index in [0.717, 1.165) is 54.9 Å². The summed E-state index contributed by atoms with van der Waals surface area (Å²) >= 11 is 7.71. The fourth-order valence-corrected chi connectivity index (χ4v) is 4.05. The molecule has 0 radical (unpaired) electrons. The maximum atomic E-state index is 12.3. The van der Waals surface area contributed by atoms with Crippen molar-refractivity contribution < 1.29 is 4.79 Å². The topological polar surface area (TPSA) is 35.6 Å². The summed E-state index contributed by atoms with van der Waals surface area (Å²) in [5, 5.41) is 3.83. The van der Waals surface area contributed by atoms with E-state index in [1.54, 1.807) is 11.8 Å². The molecule has 2 aromatic rings. The third kappa shape index (κ3) is 6.25. The second-order valence-electron chi connectivity index (χ2n) is 6.75. The van der Waals surface area contributed by atoms with Crippen molar-refractivity contribution in [1.29, 1.82) is 0 Å². The van der Waals surface area contributed by atoms with Crippen molar-refractivity contribution in [2.75, 3.05) is 44.3 Å². The van der Waals surface area contributed by atoms with Gasteiger partial charge < -0.3 is 10.2 Å². The van der Waals surface area contributed by atoms with Crippen LogP contribution >= 0.6 is 23.4 Å². The molecule has 0 atom stereocenters. The summed E-state index contributed by atoms with van der Waals surface area (Å²) in [4.78, 5) is 18.2. The Balaban J connectivity index is 1.39. The van der Waals surface area contributed by atoms with Gasteiger partial charge in [0.25, 0.3) is 0 Å². The van der Waals surface area contributed by atoms with E-state index in [9.17, 15) is 4.79 Å². The van der Waals surface area contributed by atoms with E-state index in [1.807, 2.05) is 48.7 Å². The van der Waals surface area contributed by atoms with Crippen molar-refractivity contribution in [1.82, 2.24) is 9.80 Å². The molecule has 1 saturated heterocycles. The normalized spacial score (nSPS) is 15.6. The number of amides is 1. The van der Waals surface area contributed by atoms with Gasteiger partial charge in [-0.15, -0.1) is 11.8 Å². The summed E-state index contributed by atoms with van der Waals surface area (Å²) < 4.78 is 0. The van der Waals surface area contributed by atoms with Gasteiger partial charge in [0.05, 0.1) is 5.69 Å². The van der Waals surface area contributed by atoms with E-state index in [1.165, 1.54) is 5.56 Å². The highest BCUT2D eigenvalue weighted by atomic mass is 35.5. The summed E-state index contributed by atoms with van der Waals surface area (Å²) in [5.41, 5.74) is 2.16. The Morgan fingerprint density at radius 2 is 1.81 bits per heavy atom. The van der Waals surface area contributed by atoms with Gasteiger partial charge in [-0.25, -0.2) is 0 Å². The maximum absolute atomic E-state index is 12.3. The van der Waals surface area contributed by atoms with Gasteiger partial charge in [0.1, 0.15) is 0 Å². The number of benzene rings is 2. The van der Waals surface area contributed by atoms with Crippen LogP contribution in [-0.2, 0) is 11.3 Å². The lowest BCUT2D eigenvalue weighted by Crippen LogP contribution is -2.46. The lowest BCUT2D eigenvalue weighted by Gasteiger charge is -2.34. The van der Waals surface area contributed by atoms with Crippen molar-refractivity contribution in [3.8, 4) is 0 Å². The monoisotopic (exact) mass is 403 g/mol. The second kappa shape index (κ2) is 10.1. The predicted octanol–water partition coefficient (Wildman–Crippen LogP) is 4.21. The minimum atomic E-state index is 0.0813. The van der Waals surface area contributed by atoms with Crippen molar-refractivity contribution in [3.05, 3.63) is 59.1 Å². The lowest BCUT2D eigenvalue weighted by atomic mass is 10.2. The van der Waals surface area contributed by atoms with E-state index < -0.39 is 0 Å². The number of halogens is 1. The molecule has 6 heteroatoms. The number of anilines is 1. The van der Waals surface area contributed by atoms with E-state index in [-0.39, 0.29) is 5.91 Å². The number of carbonyl (C=O) groups excluding carboxylic acids is 1. The molecule has 4 nitrogen and oxygen atoms in total. The number of carbonyl (C=O) groups is 1. The zero-order valence-electron chi connectivity index (χ0n) is 15.7. The van der Waals surface area contributed by atoms with Gasteiger partial charge >= 0.3 is 0 Å². The van der Waals surface area contributed by atoms with Gasteiger partial charge in [-0.05, 0) is 36.1 Å². The molecule has 0 aliphatic carbocycles. The fraction of sp³-hybridized carbons (Fsp3) is 0.381. The van der Waals surface area contributed by atoms with Gasteiger partial charge in [-0.2, -0.15) is 0 Å². The summed E-state index contributed by atoms with van der Waals surface area (Å²) in [7, 11) is 0. The number of piperazine rings is 1. The molecule has 1 heterocycles. The van der Waals surface area contributed by atoms with Crippen LogP contribution < -0.4 is 5.32 Å². The van der Waals surface area contributed by atoms with Gasteiger partial charge in [-0.3, -0.25) is 9.69 Å². The van der Waals surface area contributed by atoms with Crippen LogP contribution in [-0.4, -0.2) is 54.7 Å². The Hall–Kier alpha value is -1.53. The van der Waals surface area contributed by atoms with Gasteiger partial charge in [0.15, 0.2) is 0 Å². The first kappa shape index (κ1) is 20.2. The van der Waals surface area contributed by atoms with Gasteiger partial charge in [0.2, 0.25) is 5.91 Å². The SMILES string of the molecule is CSc1ccccc1NC(=O)CCN1CCN(Cc2cccc(Cl)c2)CC1. The highest BCUT2D eigenvalue weighted by Gasteiger charge is 2.18. The van der Waals surface area contributed by atoms with Crippen LogP contribution in [0.15, 0.2) is 53.4 Å². The molecule has 0 bridgehead atoms. The second-order valence-corrected chi connectivity index (χ2v) is 8.03. The molecule has 27 heavy (non-hydrogen) atoms. The number of hydrogen-bond donors (Lipinski definition) is 1. The third-order valence-corrected chi connectivity index (χ3v) is 5.83. The molecule has 0 saturated carbocycles. The molecule has 1 aliphatic rings. The number of thioether (sulfide) groups is 1. The van der Waals surface area contributed by atoms with Crippen LogP contribution in [0.2, 0.25) is 5.02 Å². The maximum Gasteiger partial charge on any atom is 0.225 e. The van der Waals surface area contributed by atoms with Crippen molar-refractivity contribution in [3.63, 3.8) is 0 Å². The number of para-hydroxylation sites is 1. The fourth-order valence-electron chi connectivity index (χ4n) is 3.28. The van der Waals surface area contributed by atoms with Crippen LogP contribution in [0.5, 0.6) is 0 Å². The number of nitrogens with one attached hydrogen (secondary N) is 1. The zero-order valence-corrected chi connectivity index (χ0v) is 17.2. The van der Waals surface area contributed by atoms with Crippen LogP contribution in [0, 0.1) is 0 Å². The quantitative estimate of drug-likeness (QED) is 0.702. The Labute approximate surface area is 170 Å². The standard InChI is InChI=1S/C21H26ClN3OS/c1-27-20-8-3-2-7-19(20)23-21(26)9-10-24-11-13-25(14-12-24)16-17-5-4-6-18(22)15-17/h2-8,15H,9-14,16H2,1H3,(H,23,26). The van der Waals surface area contributed by atoms with E-state index in [0.29, 0.717) is 6.42 Å². The number of hydrogen-bond acceptors (Lipinski definition) is 4. The molecule has 0 unspecified atom stereocenters. The summed E-state index contributed by atoms with van der Waals surface area (Å²) in [6, 6.07) is 16.0. The highest BCUT2D eigenvalue weighted by Crippen LogP contribution is 2.24. The first-order chi connectivity index (χ1) is 13.1. The minimum Gasteiger partial charge on any atom is -0.325 e. The van der Waals surface area contributed by atoms with Crippen LogP contribution in [0.4, 0.5) is 5.69 Å². The molecule has 0 spiro atoms. The molecule has 1 fully saturated rings. The predicted molar refractivity (Wildman–Crippen MR) is 115 cm³/mol. The summed E-state index contributed by atoms with van der Waals surface area (Å²) in [6.07, 6.45) is 2.55. The Morgan fingerprint density at radius 1 is 1.07 bits per heavy atom. The average molecular weight is 404 g/mol. The molecule has 1 N–H and O–H groups in total. The van der Waals surface area contributed by atoms with Crippen molar-refractivity contribution >= 4 is 35.0 Å². The third-order valence-electron chi connectivity index (χ3n) is 4.80. The molecular formula is C21H26ClN3OS. The first-order valence-electron chi connectivity index (χ1n) is 9.26. The van der Waals surface area contributed by atoms with Crippen LogP contribution in [0.1, 0.15) is 12.0 Å². The molecule has 3 rings (SSSR count). The Bertz CT molecular complexity index is 763. The highest BCUT2D eigenvalue weighted by molar-refractivity contribution is 7.98. The van der Waals surface area contributed by atoms with Crippen molar-refractivity contribution in [2.45, 2.75) is 17.9 Å². The summed E-state index contributed by atoms with van der Waals surface area (Å²) in [5.74, 6) is 0.0813. The molecule has 1 aliphatic heterocycles. The lowest BCUT2D eigenvalue weighted by molar-refractivity contribution is -0.116. The van der Waals surface area contributed by atoms with Crippen molar-refractivity contribution in [2.24, 2.45) is 0 Å². The zero-order chi connectivity index (χ0) is 19.1. The Morgan fingerprint density at radius 3 is 2.56 bits per heavy atom. The van der Waals surface area contributed by atoms with E-state index in [2.05, 4.69) is 21.2 Å². The minimum absolute atomic E-state index is 0.0813. The van der Waals surface area contributed by atoms with Gasteiger partial charge in [-0.1, -0.05) is 35.9 Å². The van der Waals surface area contributed by atoms with Crippen LogP contribution in [0.25, 0.3) is 0 Å². The van der Waals surface area contributed by atoms with E-state index >= 15 is 0 Å². The smallest absolute Gasteiger partial charge is 0.225 e. The summed E-state index contributed by atoms with van der Waals surface area (Å²) in [6.45, 7) is 5.76. The molecule has 0 aromatic heterocycles. The van der Waals surface area contributed by atoms with Crippen LogP contribution in [0.3, 0.4) is 0 Å². The first-order valence-corrected chi connectivity index (χ1v) is 10.9. The largest absolute Gasteiger partial charge is 0.325 e. The van der Waals surface area contributed by atoms with Gasteiger partial charge in [0, 0.05) is 55.6 Å². The average Bonchev–Trinajstić information content (AvgIpc) is 2.68. The molecule has 1 amide bonds. The molecular weight excluding hydrogens is 378 g/mol.